The number of carbonyl (C=O) groups excluding carboxylic acids is 2. The highest BCUT2D eigenvalue weighted by Crippen LogP contribution is 2.15. The van der Waals surface area contributed by atoms with Crippen LogP contribution < -0.4 is 0 Å². The van der Waals surface area contributed by atoms with Crippen molar-refractivity contribution in [1.82, 2.24) is 0 Å². The van der Waals surface area contributed by atoms with Crippen LogP contribution in [-0.4, -0.2) is 24.1 Å². The van der Waals surface area contributed by atoms with E-state index >= 15 is 0 Å². The SMILES string of the molecule is C=C[C@@H](OC(C)=O)[C@H](OC(C)=O)C(C)C. The van der Waals surface area contributed by atoms with Gasteiger partial charge in [0.25, 0.3) is 0 Å². The van der Waals surface area contributed by atoms with E-state index in [2.05, 4.69) is 6.58 Å². The van der Waals surface area contributed by atoms with Crippen molar-refractivity contribution in [3.05, 3.63) is 12.7 Å². The molecule has 2 atom stereocenters. The Morgan fingerprint density at radius 2 is 1.60 bits per heavy atom. The normalized spacial score (nSPS) is 14.2. The highest BCUT2D eigenvalue weighted by molar-refractivity contribution is 5.67. The molecule has 0 aromatic rings. The van der Waals surface area contributed by atoms with Crippen LogP contribution in [0.3, 0.4) is 0 Å². The lowest BCUT2D eigenvalue weighted by atomic mass is 10.0. The largest absolute Gasteiger partial charge is 0.458 e. The molecule has 0 rings (SSSR count). The molecule has 0 spiro atoms. The Labute approximate surface area is 90.2 Å². The lowest BCUT2D eigenvalue weighted by Gasteiger charge is -2.26. The second-order valence-electron chi connectivity index (χ2n) is 3.63. The summed E-state index contributed by atoms with van der Waals surface area (Å²) in [7, 11) is 0. The fourth-order valence-electron chi connectivity index (χ4n) is 1.22. The van der Waals surface area contributed by atoms with Crippen LogP contribution in [0.2, 0.25) is 0 Å². The van der Waals surface area contributed by atoms with Crippen molar-refractivity contribution < 1.29 is 19.1 Å². The van der Waals surface area contributed by atoms with E-state index in [-0.39, 0.29) is 5.92 Å². The molecule has 0 aliphatic carbocycles. The first kappa shape index (κ1) is 13.7. The number of ether oxygens (including phenoxy) is 2. The predicted octanol–water partition coefficient (Wildman–Crippen LogP) is 1.69. The summed E-state index contributed by atoms with van der Waals surface area (Å²) in [4.78, 5) is 21.7. The monoisotopic (exact) mass is 214 g/mol. The van der Waals surface area contributed by atoms with Gasteiger partial charge in [-0.2, -0.15) is 0 Å². The summed E-state index contributed by atoms with van der Waals surface area (Å²) in [6, 6.07) is 0. The molecule has 0 aromatic carbocycles. The van der Waals surface area contributed by atoms with Gasteiger partial charge in [-0.25, -0.2) is 0 Å². The molecule has 0 saturated carbocycles. The first-order chi connectivity index (χ1) is 6.88. The van der Waals surface area contributed by atoms with E-state index in [1.807, 2.05) is 13.8 Å². The Morgan fingerprint density at radius 1 is 1.13 bits per heavy atom. The fraction of sp³-hybridized carbons (Fsp3) is 0.636. The van der Waals surface area contributed by atoms with E-state index < -0.39 is 24.1 Å². The second kappa shape index (κ2) is 6.22. The molecule has 0 bridgehead atoms. The number of rotatable bonds is 5. The van der Waals surface area contributed by atoms with E-state index in [1.54, 1.807) is 0 Å². The molecule has 4 heteroatoms. The quantitative estimate of drug-likeness (QED) is 0.516. The molecule has 0 unspecified atom stereocenters. The summed E-state index contributed by atoms with van der Waals surface area (Å²) < 4.78 is 10.1. The fourth-order valence-corrected chi connectivity index (χ4v) is 1.22. The summed E-state index contributed by atoms with van der Waals surface area (Å²) in [5.41, 5.74) is 0. The molecule has 0 aliphatic rings. The zero-order valence-electron chi connectivity index (χ0n) is 9.65. The van der Waals surface area contributed by atoms with Gasteiger partial charge in [0.2, 0.25) is 0 Å². The highest BCUT2D eigenvalue weighted by Gasteiger charge is 2.27. The van der Waals surface area contributed by atoms with Crippen LogP contribution >= 0.6 is 0 Å². The molecule has 4 nitrogen and oxygen atoms in total. The van der Waals surface area contributed by atoms with Gasteiger partial charge in [-0.1, -0.05) is 20.4 Å². The number of carbonyl (C=O) groups is 2. The van der Waals surface area contributed by atoms with Crippen molar-refractivity contribution in [3.63, 3.8) is 0 Å². The highest BCUT2D eigenvalue weighted by atomic mass is 16.6. The molecular weight excluding hydrogens is 196 g/mol. The first-order valence-corrected chi connectivity index (χ1v) is 4.85. The van der Waals surface area contributed by atoms with Gasteiger partial charge in [0.15, 0.2) is 6.10 Å². The first-order valence-electron chi connectivity index (χ1n) is 4.85. The molecular formula is C11H18O4. The van der Waals surface area contributed by atoms with Crippen LogP contribution in [0.4, 0.5) is 0 Å². The van der Waals surface area contributed by atoms with Gasteiger partial charge < -0.3 is 9.47 Å². The Kier molecular flexibility index (Phi) is 5.67. The van der Waals surface area contributed by atoms with E-state index in [1.165, 1.54) is 19.9 Å². The van der Waals surface area contributed by atoms with Gasteiger partial charge >= 0.3 is 11.9 Å². The summed E-state index contributed by atoms with van der Waals surface area (Å²) >= 11 is 0. The molecule has 86 valence electrons. The lowest BCUT2D eigenvalue weighted by molar-refractivity contribution is -0.164. The van der Waals surface area contributed by atoms with E-state index in [0.717, 1.165) is 0 Å². The van der Waals surface area contributed by atoms with Crippen LogP contribution in [0, 0.1) is 5.92 Å². The van der Waals surface area contributed by atoms with Crippen LogP contribution in [0.25, 0.3) is 0 Å². The third kappa shape index (κ3) is 5.20. The number of hydrogen-bond acceptors (Lipinski definition) is 4. The van der Waals surface area contributed by atoms with Crippen LogP contribution in [0.1, 0.15) is 27.7 Å². The smallest absolute Gasteiger partial charge is 0.303 e. The molecule has 0 aliphatic heterocycles. The van der Waals surface area contributed by atoms with Crippen LogP contribution in [0.5, 0.6) is 0 Å². The van der Waals surface area contributed by atoms with E-state index in [0.29, 0.717) is 0 Å². The Morgan fingerprint density at radius 3 is 1.87 bits per heavy atom. The van der Waals surface area contributed by atoms with Gasteiger partial charge in [-0.05, 0) is 12.0 Å². The zero-order chi connectivity index (χ0) is 12.0. The summed E-state index contributed by atoms with van der Waals surface area (Å²) in [5, 5.41) is 0. The minimum absolute atomic E-state index is 0.0521. The average Bonchev–Trinajstić information content (AvgIpc) is 2.09. The lowest BCUT2D eigenvalue weighted by Crippen LogP contribution is -2.36. The van der Waals surface area contributed by atoms with Crippen molar-refractivity contribution in [2.45, 2.75) is 39.9 Å². The van der Waals surface area contributed by atoms with Crippen molar-refractivity contribution in [2.75, 3.05) is 0 Å². The standard InChI is InChI=1S/C11H18O4/c1-6-10(14-8(4)12)11(7(2)3)15-9(5)13/h6-7,10-11H,1H2,2-5H3/t10-,11-/m1/s1. The Balaban J connectivity index is 4.61. The van der Waals surface area contributed by atoms with Crippen molar-refractivity contribution >= 4 is 11.9 Å². The van der Waals surface area contributed by atoms with Crippen molar-refractivity contribution in [2.24, 2.45) is 5.92 Å². The topological polar surface area (TPSA) is 52.6 Å². The van der Waals surface area contributed by atoms with Gasteiger partial charge in [0, 0.05) is 13.8 Å². The minimum Gasteiger partial charge on any atom is -0.458 e. The van der Waals surface area contributed by atoms with Crippen LogP contribution in [0.15, 0.2) is 12.7 Å². The molecule has 0 amide bonds. The molecule has 0 fully saturated rings. The minimum atomic E-state index is -0.591. The maximum Gasteiger partial charge on any atom is 0.303 e. The molecule has 0 radical (unpaired) electrons. The van der Waals surface area contributed by atoms with E-state index in [9.17, 15) is 9.59 Å². The zero-order valence-corrected chi connectivity index (χ0v) is 9.65. The Hall–Kier alpha value is -1.32. The van der Waals surface area contributed by atoms with Gasteiger partial charge in [0.1, 0.15) is 6.10 Å². The maximum absolute atomic E-state index is 10.9. The third-order valence-corrected chi connectivity index (χ3v) is 1.82. The van der Waals surface area contributed by atoms with E-state index in [4.69, 9.17) is 9.47 Å². The number of hydrogen-bond donors (Lipinski definition) is 0. The summed E-state index contributed by atoms with van der Waals surface area (Å²) in [6.07, 6.45) is 0.393. The molecule has 0 N–H and O–H groups in total. The van der Waals surface area contributed by atoms with Crippen molar-refractivity contribution in [1.29, 1.82) is 0 Å². The molecule has 0 saturated heterocycles. The van der Waals surface area contributed by atoms with Gasteiger partial charge in [-0.15, -0.1) is 0 Å². The van der Waals surface area contributed by atoms with Gasteiger partial charge in [0.05, 0.1) is 0 Å². The third-order valence-electron chi connectivity index (χ3n) is 1.82. The average molecular weight is 214 g/mol. The van der Waals surface area contributed by atoms with Gasteiger partial charge in [-0.3, -0.25) is 9.59 Å². The Bertz CT molecular complexity index is 245. The molecule has 15 heavy (non-hydrogen) atoms. The molecule has 0 aromatic heterocycles. The summed E-state index contributed by atoms with van der Waals surface area (Å²) in [5.74, 6) is -0.762. The van der Waals surface area contributed by atoms with Crippen LogP contribution in [-0.2, 0) is 19.1 Å². The second-order valence-corrected chi connectivity index (χ2v) is 3.63. The molecule has 0 heterocycles. The summed E-state index contributed by atoms with van der Waals surface area (Å²) in [6.45, 7) is 9.95. The van der Waals surface area contributed by atoms with Crippen molar-refractivity contribution in [3.8, 4) is 0 Å². The predicted molar refractivity (Wildman–Crippen MR) is 56.1 cm³/mol. The maximum atomic E-state index is 10.9. The number of esters is 2.